The Morgan fingerprint density at radius 1 is 1.08 bits per heavy atom. The van der Waals surface area contributed by atoms with Crippen molar-refractivity contribution >= 4 is 12.0 Å². The number of aliphatic hydroxyl groups is 1. The van der Waals surface area contributed by atoms with E-state index < -0.39 is 24.0 Å². The molecule has 1 aromatic carbocycles. The van der Waals surface area contributed by atoms with Crippen LogP contribution >= 0.6 is 0 Å². The molecular formula is C33H44O6. The van der Waals surface area contributed by atoms with E-state index >= 15 is 0 Å². The van der Waals surface area contributed by atoms with E-state index in [0.29, 0.717) is 41.9 Å². The first kappa shape index (κ1) is 29.3. The summed E-state index contributed by atoms with van der Waals surface area (Å²) in [7, 11) is 0. The highest BCUT2D eigenvalue weighted by Crippen LogP contribution is 2.41. The second-order valence-corrected chi connectivity index (χ2v) is 11.7. The van der Waals surface area contributed by atoms with Crippen molar-refractivity contribution in [2.24, 2.45) is 17.8 Å². The number of carbonyl (C=O) groups is 1. The number of fused-ring (bicyclic) bond motifs is 3. The van der Waals surface area contributed by atoms with Crippen LogP contribution in [0.5, 0.6) is 5.75 Å². The monoisotopic (exact) mass is 536 g/mol. The zero-order valence-corrected chi connectivity index (χ0v) is 24.1. The highest BCUT2D eigenvalue weighted by atomic mass is 16.7. The van der Waals surface area contributed by atoms with Crippen molar-refractivity contribution in [1.29, 1.82) is 0 Å². The summed E-state index contributed by atoms with van der Waals surface area (Å²) in [5, 5.41) is 21.3. The predicted octanol–water partition coefficient (Wildman–Crippen LogP) is 6.65. The molecular weight excluding hydrogens is 492 g/mol. The maximum absolute atomic E-state index is 13.6. The van der Waals surface area contributed by atoms with E-state index in [1.807, 2.05) is 44.2 Å². The third-order valence-electron chi connectivity index (χ3n) is 8.45. The molecule has 3 aliphatic rings. The molecule has 1 saturated heterocycles. The standard InChI is InChI=1S/C33H44O6/c1-7-20(2)31-23(5)14-15-33(39-31)19-27-18-26(38-33)13-12-22(4)30(35)21(3)10-8-9-11-25-17-29(34)24(6)16-28(25)32(36)37-27/h8-12,14-17,20-21,23,26-27,30-31,34-35H,7,13,18-19H2,1-6H3. The van der Waals surface area contributed by atoms with Crippen LogP contribution in [-0.2, 0) is 14.2 Å². The van der Waals surface area contributed by atoms with Gasteiger partial charge in [-0.2, -0.15) is 0 Å². The number of phenolic OH excluding ortho intramolecular Hbond substituents is 1. The van der Waals surface area contributed by atoms with Crippen molar-refractivity contribution in [2.75, 3.05) is 0 Å². The summed E-state index contributed by atoms with van der Waals surface area (Å²) in [5.74, 6) is -0.810. The molecule has 2 N–H and O–H groups in total. The fourth-order valence-corrected chi connectivity index (χ4v) is 5.74. The van der Waals surface area contributed by atoms with Gasteiger partial charge in [-0.25, -0.2) is 4.79 Å². The minimum Gasteiger partial charge on any atom is -0.508 e. The number of hydrogen-bond donors (Lipinski definition) is 2. The first-order chi connectivity index (χ1) is 18.5. The average Bonchev–Trinajstić information content (AvgIpc) is 2.91. The second kappa shape index (κ2) is 12.2. The van der Waals surface area contributed by atoms with Gasteiger partial charge in [0.25, 0.3) is 0 Å². The summed E-state index contributed by atoms with van der Waals surface area (Å²) in [6, 6.07) is 3.26. The Bertz CT molecular complexity index is 1160. The number of rotatable bonds is 2. The third-order valence-corrected chi connectivity index (χ3v) is 8.45. The molecule has 0 radical (unpaired) electrons. The number of esters is 1. The molecule has 1 aromatic rings. The first-order valence-corrected chi connectivity index (χ1v) is 14.3. The minimum atomic E-state index is -0.982. The topological polar surface area (TPSA) is 85.2 Å². The Morgan fingerprint density at radius 3 is 2.59 bits per heavy atom. The lowest BCUT2D eigenvalue weighted by Gasteiger charge is -2.47. The molecule has 6 heteroatoms. The predicted molar refractivity (Wildman–Crippen MR) is 153 cm³/mol. The van der Waals surface area contributed by atoms with E-state index in [-0.39, 0.29) is 29.8 Å². The Morgan fingerprint density at radius 2 is 1.85 bits per heavy atom. The van der Waals surface area contributed by atoms with Crippen molar-refractivity contribution in [3.05, 3.63) is 70.9 Å². The number of aliphatic hydroxyl groups excluding tert-OH is 1. The van der Waals surface area contributed by atoms with Crippen LogP contribution < -0.4 is 0 Å². The number of ether oxygens (including phenoxy) is 3. The van der Waals surface area contributed by atoms with Crippen molar-refractivity contribution in [3.63, 3.8) is 0 Å². The van der Waals surface area contributed by atoms with Crippen LogP contribution in [0.1, 0.15) is 81.8 Å². The van der Waals surface area contributed by atoms with Crippen LogP contribution in [0.25, 0.3) is 6.08 Å². The maximum atomic E-state index is 13.6. The van der Waals surface area contributed by atoms with E-state index in [2.05, 4.69) is 26.8 Å². The zero-order valence-electron chi connectivity index (χ0n) is 24.1. The molecule has 4 rings (SSSR count). The summed E-state index contributed by atoms with van der Waals surface area (Å²) < 4.78 is 19.5. The van der Waals surface area contributed by atoms with Crippen LogP contribution in [0.4, 0.5) is 0 Å². The summed E-state index contributed by atoms with van der Waals surface area (Å²) in [5.41, 5.74) is 2.44. The van der Waals surface area contributed by atoms with E-state index in [9.17, 15) is 15.0 Å². The number of phenols is 1. The molecule has 1 spiro atoms. The summed E-state index contributed by atoms with van der Waals surface area (Å²) in [6.45, 7) is 12.2. The van der Waals surface area contributed by atoms with Gasteiger partial charge in [-0.15, -0.1) is 0 Å². The van der Waals surface area contributed by atoms with Gasteiger partial charge >= 0.3 is 5.97 Å². The van der Waals surface area contributed by atoms with Gasteiger partial charge in [0.05, 0.1) is 23.9 Å². The molecule has 0 saturated carbocycles. The molecule has 0 aromatic heterocycles. The van der Waals surface area contributed by atoms with Gasteiger partial charge in [0.2, 0.25) is 0 Å². The third kappa shape index (κ3) is 6.74. The van der Waals surface area contributed by atoms with Crippen LogP contribution in [0, 0.1) is 24.7 Å². The summed E-state index contributed by atoms with van der Waals surface area (Å²) in [6.07, 6.45) is 14.7. The molecule has 39 heavy (non-hydrogen) atoms. The first-order valence-electron chi connectivity index (χ1n) is 14.3. The fourth-order valence-electron chi connectivity index (χ4n) is 5.74. The number of hydrogen-bond acceptors (Lipinski definition) is 6. The summed E-state index contributed by atoms with van der Waals surface area (Å²) >= 11 is 0. The van der Waals surface area contributed by atoms with Crippen molar-refractivity contribution in [3.8, 4) is 5.75 Å². The lowest BCUT2D eigenvalue weighted by atomic mass is 9.86. The molecule has 1 fully saturated rings. The maximum Gasteiger partial charge on any atom is 0.339 e. The van der Waals surface area contributed by atoms with Crippen LogP contribution in [0.2, 0.25) is 0 Å². The van der Waals surface area contributed by atoms with E-state index in [4.69, 9.17) is 14.2 Å². The molecule has 3 heterocycles. The largest absolute Gasteiger partial charge is 0.508 e. The van der Waals surface area contributed by atoms with Crippen molar-refractivity contribution < 1.29 is 29.2 Å². The number of aromatic hydroxyl groups is 1. The summed E-state index contributed by atoms with van der Waals surface area (Å²) in [4.78, 5) is 13.6. The van der Waals surface area contributed by atoms with Crippen LogP contribution in [-0.4, -0.2) is 46.4 Å². The zero-order chi connectivity index (χ0) is 28.3. The number of allylic oxidation sites excluding steroid dienone is 2. The highest BCUT2D eigenvalue weighted by molar-refractivity contribution is 5.94. The molecule has 0 amide bonds. The minimum absolute atomic E-state index is 0.00353. The normalized spacial score (nSPS) is 34.3. The van der Waals surface area contributed by atoms with Crippen LogP contribution in [0.3, 0.4) is 0 Å². The van der Waals surface area contributed by atoms with Crippen molar-refractivity contribution in [2.45, 2.75) is 97.4 Å². The number of carbonyl (C=O) groups excluding carboxylic acids is 1. The van der Waals surface area contributed by atoms with Gasteiger partial charge in [-0.05, 0) is 61.1 Å². The van der Waals surface area contributed by atoms with Gasteiger partial charge in [-0.1, -0.05) is 70.6 Å². The average molecular weight is 537 g/mol. The smallest absolute Gasteiger partial charge is 0.339 e. The fraction of sp³-hybridized carbons (Fsp3) is 0.545. The Balaban J connectivity index is 1.73. The molecule has 8 atom stereocenters. The lowest BCUT2D eigenvalue weighted by Crippen LogP contribution is -2.53. The Hall–Kier alpha value is -2.67. The highest BCUT2D eigenvalue weighted by Gasteiger charge is 2.47. The number of aryl methyl sites for hydroxylation is 1. The molecule has 2 bridgehead atoms. The van der Waals surface area contributed by atoms with Gasteiger partial charge in [0, 0.05) is 24.7 Å². The quantitative estimate of drug-likeness (QED) is 0.325. The molecule has 6 nitrogen and oxygen atoms in total. The second-order valence-electron chi connectivity index (χ2n) is 11.7. The van der Waals surface area contributed by atoms with E-state index in [1.54, 1.807) is 25.1 Å². The van der Waals surface area contributed by atoms with Crippen LogP contribution in [0.15, 0.2) is 54.2 Å². The SMILES string of the molecule is CCC(C)C1OC2(C=CC1C)CC1CC(CC=C(C)C(O)C(C)C=CC=Cc3cc(O)c(C)cc3C(=O)O1)O2. The molecule has 3 aliphatic heterocycles. The van der Waals surface area contributed by atoms with Crippen molar-refractivity contribution in [1.82, 2.24) is 0 Å². The van der Waals surface area contributed by atoms with E-state index in [0.717, 1.165) is 12.0 Å². The molecule has 212 valence electrons. The van der Waals surface area contributed by atoms with Gasteiger partial charge in [0.1, 0.15) is 11.9 Å². The number of benzene rings is 1. The Kier molecular flexibility index (Phi) is 9.20. The van der Waals surface area contributed by atoms with Gasteiger partial charge < -0.3 is 24.4 Å². The Labute approximate surface area is 233 Å². The molecule has 0 aliphatic carbocycles. The molecule has 8 unspecified atom stereocenters. The lowest BCUT2D eigenvalue weighted by molar-refractivity contribution is -0.298. The van der Waals surface area contributed by atoms with E-state index in [1.165, 1.54) is 0 Å². The van der Waals surface area contributed by atoms with Gasteiger partial charge in [-0.3, -0.25) is 0 Å². The van der Waals surface area contributed by atoms with Gasteiger partial charge in [0.15, 0.2) is 5.79 Å².